The molecule has 1 heterocycles. The molecule has 1 rings (SSSR count). The number of hydrogen-bond acceptors (Lipinski definition) is 7. The maximum absolute atomic E-state index is 11.8. The van der Waals surface area contributed by atoms with E-state index in [9.17, 15) is 19.8 Å². The van der Waals surface area contributed by atoms with Gasteiger partial charge in [-0.1, -0.05) is 58.3 Å². The number of unbranched alkanes of at least 4 members (excludes halogenated alkanes) is 8. The minimum Gasteiger partial charge on any atom is -0.499 e. The van der Waals surface area contributed by atoms with Gasteiger partial charge in [0.05, 0.1) is 6.61 Å². The molecule has 7 heteroatoms. The highest BCUT2D eigenvalue weighted by Gasteiger charge is 2.41. The van der Waals surface area contributed by atoms with Crippen molar-refractivity contribution < 1.29 is 34.4 Å². The smallest absolute Gasteiger partial charge is 0.378 e. The second kappa shape index (κ2) is 11.9. The van der Waals surface area contributed by atoms with Gasteiger partial charge in [0.2, 0.25) is 11.5 Å². The van der Waals surface area contributed by atoms with E-state index < -0.39 is 42.3 Å². The molecule has 1 aliphatic heterocycles. The second-order valence-electron chi connectivity index (χ2n) is 6.34. The second-order valence-corrected chi connectivity index (χ2v) is 6.34. The zero-order chi connectivity index (χ0) is 18.7. The van der Waals surface area contributed by atoms with Crippen molar-refractivity contribution in [3.63, 3.8) is 0 Å². The third-order valence-electron chi connectivity index (χ3n) is 4.16. The molecule has 0 bridgehead atoms. The van der Waals surface area contributed by atoms with Gasteiger partial charge >= 0.3 is 11.9 Å². The summed E-state index contributed by atoms with van der Waals surface area (Å²) < 4.78 is 9.66. The van der Waals surface area contributed by atoms with Crippen molar-refractivity contribution in [2.75, 3.05) is 6.61 Å². The standard InChI is InChI=1S/C18H30O7/c1-2-3-4-5-6-7-8-9-10-11-14(21)24-17-15(22)18(23)25-16(17)13(20)12-19/h13,16,19-20,22H,2-12H2,1H3/t13-,16+/m0/s1. The first kappa shape index (κ1) is 21.4. The Labute approximate surface area is 148 Å². The lowest BCUT2D eigenvalue weighted by Gasteiger charge is -2.17. The van der Waals surface area contributed by atoms with Crippen molar-refractivity contribution in [1.82, 2.24) is 0 Å². The molecule has 0 unspecified atom stereocenters. The minimum atomic E-state index is -1.45. The molecule has 0 aromatic heterocycles. The number of carbonyl (C=O) groups is 2. The Morgan fingerprint density at radius 3 is 2.24 bits per heavy atom. The molecule has 0 aromatic carbocycles. The number of aliphatic hydroxyl groups is 3. The lowest BCUT2D eigenvalue weighted by Crippen LogP contribution is -2.33. The number of carbonyl (C=O) groups excluding carboxylic acids is 2. The number of hydrogen-bond donors (Lipinski definition) is 3. The Morgan fingerprint density at radius 1 is 1.12 bits per heavy atom. The summed E-state index contributed by atoms with van der Waals surface area (Å²) in [5, 5.41) is 28.1. The van der Waals surface area contributed by atoms with Gasteiger partial charge in [-0.05, 0) is 6.42 Å². The molecule has 144 valence electrons. The maximum atomic E-state index is 11.8. The van der Waals surface area contributed by atoms with Crippen LogP contribution < -0.4 is 0 Å². The van der Waals surface area contributed by atoms with Crippen LogP contribution in [0, 0.1) is 0 Å². The van der Waals surface area contributed by atoms with Crippen molar-refractivity contribution in [2.45, 2.75) is 83.3 Å². The molecule has 7 nitrogen and oxygen atoms in total. The topological polar surface area (TPSA) is 113 Å². The average Bonchev–Trinajstić information content (AvgIpc) is 2.88. The van der Waals surface area contributed by atoms with Crippen molar-refractivity contribution in [1.29, 1.82) is 0 Å². The highest BCUT2D eigenvalue weighted by molar-refractivity contribution is 5.90. The molecule has 1 aliphatic rings. The number of rotatable bonds is 13. The molecular formula is C18H30O7. The minimum absolute atomic E-state index is 0.156. The number of ether oxygens (including phenoxy) is 2. The lowest BCUT2D eigenvalue weighted by molar-refractivity contribution is -0.151. The number of esters is 2. The normalized spacial score (nSPS) is 18.4. The lowest BCUT2D eigenvalue weighted by atomic mass is 10.1. The van der Waals surface area contributed by atoms with Crippen LogP contribution in [0.2, 0.25) is 0 Å². The summed E-state index contributed by atoms with van der Waals surface area (Å²) in [6, 6.07) is 0. The van der Waals surface area contributed by atoms with Gasteiger partial charge in [0.15, 0.2) is 6.10 Å². The third-order valence-corrected chi connectivity index (χ3v) is 4.16. The Kier molecular flexibility index (Phi) is 10.2. The van der Waals surface area contributed by atoms with Gasteiger partial charge in [0.25, 0.3) is 0 Å². The van der Waals surface area contributed by atoms with Crippen LogP contribution in [-0.2, 0) is 19.1 Å². The molecular weight excluding hydrogens is 328 g/mol. The Balaban J connectivity index is 2.24. The molecule has 0 radical (unpaired) electrons. The van der Waals surface area contributed by atoms with Crippen LogP contribution in [-0.4, -0.2) is 46.1 Å². The number of cyclic esters (lactones) is 1. The Morgan fingerprint density at radius 2 is 1.68 bits per heavy atom. The quantitative estimate of drug-likeness (QED) is 0.342. The van der Waals surface area contributed by atoms with Crippen molar-refractivity contribution in [3.05, 3.63) is 11.5 Å². The van der Waals surface area contributed by atoms with Crippen molar-refractivity contribution in [3.8, 4) is 0 Å². The van der Waals surface area contributed by atoms with Crippen LogP contribution in [0.1, 0.15) is 71.1 Å². The molecule has 25 heavy (non-hydrogen) atoms. The molecule has 0 saturated heterocycles. The van der Waals surface area contributed by atoms with Gasteiger partial charge in [0.1, 0.15) is 6.10 Å². The van der Waals surface area contributed by atoms with Crippen molar-refractivity contribution >= 4 is 11.9 Å². The molecule has 0 aromatic rings. The Hall–Kier alpha value is -1.60. The first-order valence-electron chi connectivity index (χ1n) is 9.15. The van der Waals surface area contributed by atoms with E-state index in [1.807, 2.05) is 0 Å². The van der Waals surface area contributed by atoms with E-state index in [0.29, 0.717) is 6.42 Å². The highest BCUT2D eigenvalue weighted by Crippen LogP contribution is 2.25. The molecule has 0 amide bonds. The highest BCUT2D eigenvalue weighted by atomic mass is 16.6. The van der Waals surface area contributed by atoms with E-state index in [-0.39, 0.29) is 6.42 Å². The van der Waals surface area contributed by atoms with Crippen LogP contribution in [0.15, 0.2) is 11.5 Å². The maximum Gasteiger partial charge on any atom is 0.378 e. The molecule has 3 N–H and O–H groups in total. The van der Waals surface area contributed by atoms with Gasteiger partial charge in [-0.3, -0.25) is 4.79 Å². The zero-order valence-electron chi connectivity index (χ0n) is 14.9. The van der Waals surface area contributed by atoms with E-state index in [4.69, 9.17) is 9.84 Å². The van der Waals surface area contributed by atoms with Crippen LogP contribution in [0.4, 0.5) is 0 Å². The number of aliphatic hydroxyl groups excluding tert-OH is 3. The fourth-order valence-corrected chi connectivity index (χ4v) is 2.67. The van der Waals surface area contributed by atoms with Crippen LogP contribution >= 0.6 is 0 Å². The van der Waals surface area contributed by atoms with Gasteiger partial charge in [-0.15, -0.1) is 0 Å². The summed E-state index contributed by atoms with van der Waals surface area (Å²) in [5.74, 6) is -2.94. The summed E-state index contributed by atoms with van der Waals surface area (Å²) >= 11 is 0. The molecule has 0 aliphatic carbocycles. The van der Waals surface area contributed by atoms with E-state index in [0.717, 1.165) is 19.3 Å². The van der Waals surface area contributed by atoms with E-state index >= 15 is 0 Å². The van der Waals surface area contributed by atoms with Crippen molar-refractivity contribution in [2.24, 2.45) is 0 Å². The fourth-order valence-electron chi connectivity index (χ4n) is 2.67. The summed E-state index contributed by atoms with van der Waals surface area (Å²) in [5.41, 5.74) is 0. The first-order valence-corrected chi connectivity index (χ1v) is 9.15. The van der Waals surface area contributed by atoms with E-state index in [1.165, 1.54) is 32.1 Å². The van der Waals surface area contributed by atoms with Gasteiger partial charge in [-0.25, -0.2) is 4.79 Å². The largest absolute Gasteiger partial charge is 0.499 e. The molecule has 0 fully saturated rings. The molecule has 0 saturated carbocycles. The summed E-state index contributed by atoms with van der Waals surface area (Å²) in [6.45, 7) is 1.50. The van der Waals surface area contributed by atoms with Crippen LogP contribution in [0.3, 0.4) is 0 Å². The summed E-state index contributed by atoms with van der Waals surface area (Å²) in [4.78, 5) is 23.1. The Bertz CT molecular complexity index is 458. The van der Waals surface area contributed by atoms with E-state index in [1.54, 1.807) is 0 Å². The summed E-state index contributed by atoms with van der Waals surface area (Å²) in [7, 11) is 0. The third kappa shape index (κ3) is 7.44. The van der Waals surface area contributed by atoms with Gasteiger partial charge in [-0.2, -0.15) is 0 Å². The molecule has 0 spiro atoms. The average molecular weight is 358 g/mol. The van der Waals surface area contributed by atoms with Gasteiger partial charge in [0, 0.05) is 6.42 Å². The first-order chi connectivity index (χ1) is 12.0. The van der Waals surface area contributed by atoms with E-state index in [2.05, 4.69) is 11.7 Å². The summed E-state index contributed by atoms with van der Waals surface area (Å²) in [6.07, 6.45) is 7.39. The molecule has 2 atom stereocenters. The SMILES string of the molecule is CCCCCCCCCCCC(=O)OC1=C(O)C(=O)O[C@@H]1[C@@H](O)CO. The van der Waals surface area contributed by atoms with Crippen LogP contribution in [0.25, 0.3) is 0 Å². The fraction of sp³-hybridized carbons (Fsp3) is 0.778. The zero-order valence-corrected chi connectivity index (χ0v) is 14.9. The predicted molar refractivity (Wildman–Crippen MR) is 90.6 cm³/mol. The monoisotopic (exact) mass is 358 g/mol. The predicted octanol–water partition coefficient (Wildman–Crippen LogP) is 2.50. The van der Waals surface area contributed by atoms with Gasteiger partial charge < -0.3 is 24.8 Å². The van der Waals surface area contributed by atoms with Crippen LogP contribution in [0.5, 0.6) is 0 Å².